The van der Waals surface area contributed by atoms with Gasteiger partial charge in [-0.3, -0.25) is 0 Å². The summed E-state index contributed by atoms with van der Waals surface area (Å²) in [6.07, 6.45) is 1.12. The van der Waals surface area contributed by atoms with E-state index in [4.69, 9.17) is 10.2 Å². The molecule has 2 aromatic carbocycles. The fourth-order valence-corrected chi connectivity index (χ4v) is 2.78. The number of benzene rings is 2. The zero-order chi connectivity index (χ0) is 13.5. The number of anilines is 2. The highest BCUT2D eigenvalue weighted by Gasteiger charge is 2.25. The molecule has 0 spiro atoms. The second kappa shape index (κ2) is 4.27. The van der Waals surface area contributed by atoms with Crippen LogP contribution in [0.25, 0.3) is 11.1 Å². The van der Waals surface area contributed by atoms with Gasteiger partial charge in [0, 0.05) is 18.2 Å². The molecule has 1 aliphatic rings. The van der Waals surface area contributed by atoms with Gasteiger partial charge in [0.25, 0.3) is 6.01 Å². The topological polar surface area (TPSA) is 64.1 Å². The van der Waals surface area contributed by atoms with Crippen LogP contribution in [-0.2, 0) is 6.42 Å². The molecule has 0 fully saturated rings. The van der Waals surface area contributed by atoms with Gasteiger partial charge in [0.15, 0.2) is 5.58 Å². The number of oxazole rings is 1. The number of hydrogen-bond acceptors (Lipinski definition) is 4. The Balaban J connectivity index is 1.49. The van der Waals surface area contributed by atoms with Crippen molar-refractivity contribution in [2.24, 2.45) is 0 Å². The van der Waals surface area contributed by atoms with Crippen molar-refractivity contribution in [1.29, 1.82) is 0 Å². The molecule has 3 N–H and O–H groups in total. The molecule has 0 aliphatic heterocycles. The molecule has 3 aromatic rings. The molecule has 4 nitrogen and oxygen atoms in total. The lowest BCUT2D eigenvalue weighted by atomic mass is 9.78. The normalized spacial score (nSPS) is 16.7. The highest BCUT2D eigenvalue weighted by atomic mass is 16.4. The molecule has 0 bridgehead atoms. The van der Waals surface area contributed by atoms with E-state index >= 15 is 0 Å². The summed E-state index contributed by atoms with van der Waals surface area (Å²) in [5, 5.41) is 3.28. The average Bonchev–Trinajstić information content (AvgIpc) is 2.81. The lowest BCUT2D eigenvalue weighted by molar-refractivity contribution is 0.586. The van der Waals surface area contributed by atoms with Crippen molar-refractivity contribution in [2.45, 2.75) is 12.3 Å². The Morgan fingerprint density at radius 3 is 3.05 bits per heavy atom. The maximum atomic E-state index is 5.74. The molecule has 1 unspecified atom stereocenters. The van der Waals surface area contributed by atoms with E-state index in [1.165, 1.54) is 11.1 Å². The van der Waals surface area contributed by atoms with E-state index in [9.17, 15) is 0 Å². The minimum absolute atomic E-state index is 0.547. The number of fused-ring (bicyclic) bond motifs is 2. The predicted molar refractivity (Wildman–Crippen MR) is 79.8 cm³/mol. The number of nitrogens with two attached hydrogens (primary N) is 1. The summed E-state index contributed by atoms with van der Waals surface area (Å²) in [4.78, 5) is 4.40. The van der Waals surface area contributed by atoms with Gasteiger partial charge in [0.1, 0.15) is 5.52 Å². The fraction of sp³-hybridized carbons (Fsp3) is 0.188. The summed E-state index contributed by atoms with van der Waals surface area (Å²) in [6.45, 7) is 0.847. The van der Waals surface area contributed by atoms with E-state index < -0.39 is 0 Å². The molecule has 1 aliphatic carbocycles. The van der Waals surface area contributed by atoms with Crippen molar-refractivity contribution in [1.82, 2.24) is 4.98 Å². The Morgan fingerprint density at radius 2 is 2.15 bits per heavy atom. The number of nitrogens with zero attached hydrogens (tertiary/aromatic N) is 1. The molecule has 0 radical (unpaired) electrons. The Hall–Kier alpha value is -2.49. The van der Waals surface area contributed by atoms with Crippen molar-refractivity contribution in [2.75, 3.05) is 17.6 Å². The molecular formula is C16H15N3O. The smallest absolute Gasteiger partial charge is 0.295 e. The first-order chi connectivity index (χ1) is 9.79. The van der Waals surface area contributed by atoms with Gasteiger partial charge in [-0.1, -0.05) is 24.3 Å². The first-order valence-corrected chi connectivity index (χ1v) is 6.77. The zero-order valence-electron chi connectivity index (χ0n) is 11.0. The summed E-state index contributed by atoms with van der Waals surface area (Å²) >= 11 is 0. The molecule has 4 rings (SSSR count). The summed E-state index contributed by atoms with van der Waals surface area (Å²) < 4.78 is 5.65. The van der Waals surface area contributed by atoms with Crippen LogP contribution >= 0.6 is 0 Å². The predicted octanol–water partition coefficient (Wildman–Crippen LogP) is 3.16. The number of hydrogen-bond donors (Lipinski definition) is 2. The second-order valence-electron chi connectivity index (χ2n) is 5.23. The maximum absolute atomic E-state index is 5.74. The molecule has 4 heteroatoms. The molecule has 1 heterocycles. The highest BCUT2D eigenvalue weighted by Crippen LogP contribution is 2.34. The Morgan fingerprint density at radius 1 is 1.25 bits per heavy atom. The number of rotatable bonds is 3. The van der Waals surface area contributed by atoms with Crippen molar-refractivity contribution in [3.05, 3.63) is 53.6 Å². The fourth-order valence-electron chi connectivity index (χ4n) is 2.78. The Kier molecular flexibility index (Phi) is 2.42. The molecular weight excluding hydrogens is 250 g/mol. The van der Waals surface area contributed by atoms with E-state index in [1.54, 1.807) is 0 Å². The van der Waals surface area contributed by atoms with Crippen LogP contribution in [0.2, 0.25) is 0 Å². The molecule has 0 amide bonds. The van der Waals surface area contributed by atoms with Crippen molar-refractivity contribution in [3.63, 3.8) is 0 Å². The monoisotopic (exact) mass is 265 g/mol. The first kappa shape index (κ1) is 11.3. The van der Waals surface area contributed by atoms with E-state index in [0.717, 1.165) is 24.1 Å². The number of nitrogen functional groups attached to an aromatic ring is 1. The molecule has 1 aromatic heterocycles. The molecule has 0 saturated carbocycles. The van der Waals surface area contributed by atoms with E-state index in [-0.39, 0.29) is 0 Å². The largest absolute Gasteiger partial charge is 0.424 e. The van der Waals surface area contributed by atoms with Gasteiger partial charge in [0.05, 0.1) is 0 Å². The van der Waals surface area contributed by atoms with Crippen LogP contribution in [0.5, 0.6) is 0 Å². The summed E-state index contributed by atoms with van der Waals surface area (Å²) in [5.74, 6) is 0.547. The van der Waals surface area contributed by atoms with Crippen LogP contribution in [0.3, 0.4) is 0 Å². The summed E-state index contributed by atoms with van der Waals surface area (Å²) in [7, 11) is 0. The third-order valence-corrected chi connectivity index (χ3v) is 3.87. The van der Waals surface area contributed by atoms with Crippen molar-refractivity contribution < 1.29 is 4.42 Å². The molecule has 100 valence electrons. The van der Waals surface area contributed by atoms with Gasteiger partial charge in [-0.05, 0) is 35.7 Å². The molecule has 20 heavy (non-hydrogen) atoms. The summed E-state index contributed by atoms with van der Waals surface area (Å²) in [6, 6.07) is 14.6. The van der Waals surface area contributed by atoms with Crippen LogP contribution in [0.4, 0.5) is 11.7 Å². The Bertz CT molecular complexity index is 778. The van der Waals surface area contributed by atoms with Gasteiger partial charge in [-0.2, -0.15) is 4.98 Å². The Labute approximate surface area is 116 Å². The third-order valence-electron chi connectivity index (χ3n) is 3.87. The van der Waals surface area contributed by atoms with E-state index in [0.29, 0.717) is 17.6 Å². The lowest BCUT2D eigenvalue weighted by Crippen LogP contribution is -2.24. The highest BCUT2D eigenvalue weighted by molar-refractivity contribution is 5.78. The van der Waals surface area contributed by atoms with Gasteiger partial charge in [-0.15, -0.1) is 0 Å². The average molecular weight is 265 g/mol. The van der Waals surface area contributed by atoms with E-state index in [2.05, 4.69) is 34.6 Å². The number of nitrogens with one attached hydrogen (secondary N) is 1. The second-order valence-corrected chi connectivity index (χ2v) is 5.23. The lowest BCUT2D eigenvalue weighted by Gasteiger charge is -2.29. The van der Waals surface area contributed by atoms with Crippen LogP contribution < -0.4 is 11.1 Å². The first-order valence-electron chi connectivity index (χ1n) is 6.77. The van der Waals surface area contributed by atoms with Gasteiger partial charge < -0.3 is 15.5 Å². The zero-order valence-corrected chi connectivity index (χ0v) is 11.0. The van der Waals surface area contributed by atoms with Crippen LogP contribution in [0, 0.1) is 0 Å². The SMILES string of the molecule is Nc1ccc2oc(NCC3Cc4ccccc43)nc2c1. The molecule has 0 saturated heterocycles. The van der Waals surface area contributed by atoms with Crippen molar-refractivity contribution >= 4 is 22.8 Å². The quantitative estimate of drug-likeness (QED) is 0.714. The van der Waals surface area contributed by atoms with Crippen molar-refractivity contribution in [3.8, 4) is 0 Å². The third kappa shape index (κ3) is 1.81. The summed E-state index contributed by atoms with van der Waals surface area (Å²) in [5.41, 5.74) is 10.9. The van der Waals surface area contributed by atoms with Crippen LogP contribution in [0.15, 0.2) is 46.9 Å². The standard InChI is InChI=1S/C16H15N3O/c17-12-5-6-15-14(8-12)19-16(20-15)18-9-11-7-10-3-1-2-4-13(10)11/h1-6,8,11H,7,9,17H2,(H,18,19). The maximum Gasteiger partial charge on any atom is 0.295 e. The van der Waals surface area contributed by atoms with Crippen LogP contribution in [-0.4, -0.2) is 11.5 Å². The van der Waals surface area contributed by atoms with Gasteiger partial charge >= 0.3 is 0 Å². The number of aromatic nitrogens is 1. The van der Waals surface area contributed by atoms with E-state index in [1.807, 2.05) is 18.2 Å². The molecule has 1 atom stereocenters. The van der Waals surface area contributed by atoms with Gasteiger partial charge in [-0.25, -0.2) is 0 Å². The van der Waals surface area contributed by atoms with Crippen LogP contribution in [0.1, 0.15) is 17.0 Å². The van der Waals surface area contributed by atoms with Gasteiger partial charge in [0.2, 0.25) is 0 Å². The minimum Gasteiger partial charge on any atom is -0.424 e. The minimum atomic E-state index is 0.547.